The molecule has 2 rings (SSSR count). The molecule has 0 saturated heterocycles. The topological polar surface area (TPSA) is 135 Å². The Labute approximate surface area is 159 Å². The van der Waals surface area contributed by atoms with Gasteiger partial charge in [-0.1, -0.05) is 12.1 Å². The monoisotopic (exact) mass is 369 g/mol. The van der Waals surface area contributed by atoms with E-state index < -0.39 is 0 Å². The zero-order chi connectivity index (χ0) is 20.0. The van der Waals surface area contributed by atoms with Crippen LogP contribution in [-0.2, 0) is 4.79 Å². The molecule has 27 heavy (non-hydrogen) atoms. The number of carbonyl (C=O) groups is 1. The molecule has 0 aliphatic carbocycles. The number of nitrogens with two attached hydrogens (primary N) is 3. The summed E-state index contributed by atoms with van der Waals surface area (Å²) in [5.74, 6) is 0.338. The molecule has 144 valence electrons. The molecule has 0 fully saturated rings. The Bertz CT molecular complexity index is 836. The van der Waals surface area contributed by atoms with Gasteiger partial charge in [-0.25, -0.2) is 4.99 Å². The Balaban J connectivity index is 2.45. The number of anilines is 1. The molecule has 1 aliphatic rings. The lowest BCUT2D eigenvalue weighted by atomic mass is 10.0. The van der Waals surface area contributed by atoms with Crippen LogP contribution in [-0.4, -0.2) is 50.0 Å². The highest BCUT2D eigenvalue weighted by atomic mass is 16.2. The number of aliphatic imine (C=N–C) groups is 2. The molecule has 1 amide bonds. The first-order chi connectivity index (χ1) is 12.9. The van der Waals surface area contributed by atoms with Crippen LogP contribution in [0, 0.1) is 0 Å². The van der Waals surface area contributed by atoms with Crippen molar-refractivity contribution < 1.29 is 4.79 Å². The number of benzene rings is 1. The van der Waals surface area contributed by atoms with Crippen molar-refractivity contribution in [2.24, 2.45) is 21.5 Å². The molecule has 0 aromatic heterocycles. The molecular formula is C19H27N7O. The van der Waals surface area contributed by atoms with Crippen LogP contribution in [0.15, 0.2) is 45.7 Å². The maximum absolute atomic E-state index is 11.7. The van der Waals surface area contributed by atoms with Crippen molar-refractivity contribution in [2.75, 3.05) is 32.9 Å². The number of hydrogen-bond acceptors (Lipinski definition) is 6. The number of nitrogen functional groups attached to an aromatic ring is 1. The zero-order valence-electron chi connectivity index (χ0n) is 16.0. The average molecular weight is 369 g/mol. The van der Waals surface area contributed by atoms with E-state index >= 15 is 0 Å². The first kappa shape index (κ1) is 20.0. The molecule has 0 saturated carbocycles. The van der Waals surface area contributed by atoms with E-state index in [2.05, 4.69) is 15.3 Å². The third kappa shape index (κ3) is 4.46. The number of carbonyl (C=O) groups excluding carboxylic acids is 1. The standard InChI is InChI=1S/C19H27N7O/c1-12(27)26-8-7-16(24-3)15(11-26)19(22)25-17-6-4-5-14(18(17)21)13(9-20)10-23-2/h4-6,9-10,24H,7-8,11,20-21H2,1-3H3,(H2,22,25). The lowest BCUT2D eigenvalue weighted by molar-refractivity contribution is -0.128. The number of hydrogen-bond donors (Lipinski definition) is 4. The number of amidine groups is 1. The first-order valence-electron chi connectivity index (χ1n) is 8.65. The second-order valence-corrected chi connectivity index (χ2v) is 6.14. The summed E-state index contributed by atoms with van der Waals surface area (Å²) in [7, 11) is 3.50. The van der Waals surface area contributed by atoms with E-state index in [1.165, 1.54) is 6.20 Å². The van der Waals surface area contributed by atoms with Crippen LogP contribution in [0.25, 0.3) is 5.57 Å². The Morgan fingerprint density at radius 2 is 2.11 bits per heavy atom. The molecular weight excluding hydrogens is 342 g/mol. The van der Waals surface area contributed by atoms with Crippen LogP contribution in [0.4, 0.5) is 11.4 Å². The lowest BCUT2D eigenvalue weighted by Crippen LogP contribution is -2.40. The second kappa shape index (κ2) is 8.88. The minimum absolute atomic E-state index is 0.00791. The Hall–Kier alpha value is -3.29. The second-order valence-electron chi connectivity index (χ2n) is 6.14. The summed E-state index contributed by atoms with van der Waals surface area (Å²) in [6, 6.07) is 5.47. The fourth-order valence-corrected chi connectivity index (χ4v) is 2.98. The normalized spacial score (nSPS) is 16.2. The predicted molar refractivity (Wildman–Crippen MR) is 112 cm³/mol. The maximum atomic E-state index is 11.7. The summed E-state index contributed by atoms with van der Waals surface area (Å²) in [5, 5.41) is 3.16. The van der Waals surface area contributed by atoms with Crippen molar-refractivity contribution in [3.63, 3.8) is 0 Å². The van der Waals surface area contributed by atoms with Gasteiger partial charge in [0.1, 0.15) is 5.84 Å². The van der Waals surface area contributed by atoms with E-state index in [-0.39, 0.29) is 5.91 Å². The van der Waals surface area contributed by atoms with Gasteiger partial charge in [-0.3, -0.25) is 9.79 Å². The summed E-state index contributed by atoms with van der Waals surface area (Å²) >= 11 is 0. The van der Waals surface area contributed by atoms with Gasteiger partial charge in [0.25, 0.3) is 0 Å². The first-order valence-corrected chi connectivity index (χ1v) is 8.65. The third-order valence-corrected chi connectivity index (χ3v) is 4.48. The van der Waals surface area contributed by atoms with Gasteiger partial charge in [-0.2, -0.15) is 0 Å². The van der Waals surface area contributed by atoms with E-state index in [9.17, 15) is 4.79 Å². The molecule has 1 aromatic rings. The number of nitrogens with zero attached hydrogens (tertiary/aromatic N) is 3. The maximum Gasteiger partial charge on any atom is 0.219 e. The smallest absolute Gasteiger partial charge is 0.219 e. The zero-order valence-corrected chi connectivity index (χ0v) is 16.0. The molecule has 8 heteroatoms. The van der Waals surface area contributed by atoms with Crippen LogP contribution < -0.4 is 22.5 Å². The number of allylic oxidation sites excluding steroid dienone is 1. The van der Waals surface area contributed by atoms with Gasteiger partial charge in [0.05, 0.1) is 17.9 Å². The number of para-hydroxylation sites is 1. The molecule has 1 aromatic carbocycles. The van der Waals surface area contributed by atoms with Crippen molar-refractivity contribution in [3.05, 3.63) is 41.2 Å². The summed E-state index contributed by atoms with van der Waals surface area (Å²) in [5.41, 5.74) is 22.5. The van der Waals surface area contributed by atoms with Crippen molar-refractivity contribution in [1.82, 2.24) is 10.2 Å². The van der Waals surface area contributed by atoms with E-state index in [0.29, 0.717) is 42.3 Å². The highest BCUT2D eigenvalue weighted by Gasteiger charge is 2.22. The minimum Gasteiger partial charge on any atom is -0.404 e. The predicted octanol–water partition coefficient (Wildman–Crippen LogP) is 0.983. The molecule has 0 radical (unpaired) electrons. The molecule has 1 heterocycles. The van der Waals surface area contributed by atoms with E-state index in [0.717, 1.165) is 16.8 Å². The third-order valence-electron chi connectivity index (χ3n) is 4.48. The van der Waals surface area contributed by atoms with Crippen LogP contribution >= 0.6 is 0 Å². The van der Waals surface area contributed by atoms with Gasteiger partial charge < -0.3 is 27.4 Å². The van der Waals surface area contributed by atoms with Crippen molar-refractivity contribution >= 4 is 34.9 Å². The SMILES string of the molecule is CN=CC(=CN)c1cccc(N=C(N)C2=C(NC)CCN(C(C)=O)C2)c1N. The lowest BCUT2D eigenvalue weighted by Gasteiger charge is -2.29. The molecule has 0 bridgehead atoms. The fraction of sp³-hybridized carbons (Fsp3) is 0.316. The van der Waals surface area contributed by atoms with Crippen LogP contribution in [0.2, 0.25) is 0 Å². The van der Waals surface area contributed by atoms with Crippen molar-refractivity contribution in [2.45, 2.75) is 13.3 Å². The molecule has 7 N–H and O–H groups in total. The average Bonchev–Trinajstić information content (AvgIpc) is 2.67. The quantitative estimate of drug-likeness (QED) is 0.349. The summed E-state index contributed by atoms with van der Waals surface area (Å²) in [6.45, 7) is 2.62. The summed E-state index contributed by atoms with van der Waals surface area (Å²) in [4.78, 5) is 22.0. The highest BCUT2D eigenvalue weighted by molar-refractivity contribution is 6.12. The molecule has 0 unspecified atom stereocenters. The minimum atomic E-state index is 0.00791. The molecule has 0 spiro atoms. The van der Waals surface area contributed by atoms with E-state index in [1.807, 2.05) is 19.2 Å². The van der Waals surface area contributed by atoms with Crippen LogP contribution in [0.3, 0.4) is 0 Å². The van der Waals surface area contributed by atoms with Gasteiger partial charge in [0, 0.05) is 68.8 Å². The Kier molecular flexibility index (Phi) is 6.59. The van der Waals surface area contributed by atoms with Crippen LogP contribution in [0.1, 0.15) is 18.9 Å². The Morgan fingerprint density at radius 1 is 1.37 bits per heavy atom. The van der Waals surface area contributed by atoms with Crippen LogP contribution in [0.5, 0.6) is 0 Å². The van der Waals surface area contributed by atoms with Gasteiger partial charge in [0.15, 0.2) is 0 Å². The highest BCUT2D eigenvalue weighted by Crippen LogP contribution is 2.30. The summed E-state index contributed by atoms with van der Waals surface area (Å²) < 4.78 is 0. The molecule has 8 nitrogen and oxygen atoms in total. The number of amides is 1. The summed E-state index contributed by atoms with van der Waals surface area (Å²) in [6.07, 6.45) is 3.78. The molecule has 0 atom stereocenters. The fourth-order valence-electron chi connectivity index (χ4n) is 2.98. The van der Waals surface area contributed by atoms with Crippen molar-refractivity contribution in [3.8, 4) is 0 Å². The van der Waals surface area contributed by atoms with E-state index in [4.69, 9.17) is 17.2 Å². The van der Waals surface area contributed by atoms with Gasteiger partial charge in [0.2, 0.25) is 5.91 Å². The van der Waals surface area contributed by atoms with Gasteiger partial charge in [-0.05, 0) is 6.07 Å². The number of nitrogens with one attached hydrogen (secondary N) is 1. The van der Waals surface area contributed by atoms with Gasteiger partial charge in [-0.15, -0.1) is 0 Å². The van der Waals surface area contributed by atoms with Gasteiger partial charge >= 0.3 is 0 Å². The number of rotatable bonds is 5. The van der Waals surface area contributed by atoms with E-state index in [1.54, 1.807) is 31.2 Å². The van der Waals surface area contributed by atoms with Crippen molar-refractivity contribution in [1.29, 1.82) is 0 Å². The Morgan fingerprint density at radius 3 is 2.70 bits per heavy atom. The molecule has 1 aliphatic heterocycles. The largest absolute Gasteiger partial charge is 0.404 e.